The first kappa shape index (κ1) is 25.3. The van der Waals surface area contributed by atoms with Crippen molar-refractivity contribution < 1.29 is 29.4 Å². The lowest BCUT2D eigenvalue weighted by Gasteiger charge is -2.43. The summed E-state index contributed by atoms with van der Waals surface area (Å²) in [6.45, 7) is 1.17. The highest BCUT2D eigenvalue weighted by molar-refractivity contribution is 5.97. The zero-order chi connectivity index (χ0) is 25.0. The summed E-state index contributed by atoms with van der Waals surface area (Å²) in [6.07, 6.45) is -1.30. The van der Waals surface area contributed by atoms with Crippen molar-refractivity contribution in [2.75, 3.05) is 25.0 Å². The number of carbonyl (C=O) groups excluding carboxylic acids is 2. The largest absolute Gasteiger partial charge is 0.480 e. The van der Waals surface area contributed by atoms with Crippen molar-refractivity contribution in [3.8, 4) is 0 Å². The summed E-state index contributed by atoms with van der Waals surface area (Å²) >= 11 is 0. The Kier molecular flexibility index (Phi) is 8.01. The van der Waals surface area contributed by atoms with Gasteiger partial charge in [-0.1, -0.05) is 0 Å². The van der Waals surface area contributed by atoms with E-state index in [2.05, 4.69) is 26.6 Å². The van der Waals surface area contributed by atoms with Crippen molar-refractivity contribution in [1.29, 1.82) is 0 Å². The van der Waals surface area contributed by atoms with Gasteiger partial charge in [-0.25, -0.2) is 4.79 Å². The summed E-state index contributed by atoms with van der Waals surface area (Å²) in [7, 11) is 1.87. The van der Waals surface area contributed by atoms with Gasteiger partial charge in [0.2, 0.25) is 5.91 Å². The van der Waals surface area contributed by atoms with Crippen LogP contribution in [0, 0.1) is 0 Å². The van der Waals surface area contributed by atoms with Crippen LogP contribution in [-0.4, -0.2) is 90.7 Å². The molecular formula is C20H30N8O6. The number of carbonyl (C=O) groups is 4. The number of piperazine rings is 1. The lowest BCUT2D eigenvalue weighted by atomic mass is 10.0. The van der Waals surface area contributed by atoms with Crippen molar-refractivity contribution in [2.24, 2.45) is 11.5 Å². The molecule has 0 spiro atoms. The first-order valence-electron chi connectivity index (χ1n) is 10.7. The Bertz CT molecular complexity index is 928. The summed E-state index contributed by atoms with van der Waals surface area (Å²) in [6, 6.07) is 3.15. The van der Waals surface area contributed by atoms with E-state index in [0.29, 0.717) is 13.1 Å². The number of rotatable bonds is 9. The first-order valence-corrected chi connectivity index (χ1v) is 10.7. The van der Waals surface area contributed by atoms with Gasteiger partial charge in [-0.3, -0.25) is 36.1 Å². The molecule has 186 valence electrons. The standard InChI is InChI=1S/C20H30N8O6/c1-28(8-10-7-23-15-14(24-10)17(30)27-20(22)26-15)11-4-2-9(3-5-11)16(29)25-13(19(33)34)6-12(21)18(31)32/h2-5,10,12-15,20,23-24,26H,6-8,21-22H2,1H3,(H,25,29)(H,27,30)(H,31,32)(H,33,34)/t10?,12?,13-,14?,15?,20?/m0/s1. The molecule has 0 radical (unpaired) electrons. The smallest absolute Gasteiger partial charge is 0.326 e. The molecule has 2 aliphatic rings. The molecule has 0 aromatic heterocycles. The topological polar surface area (TPSA) is 224 Å². The van der Waals surface area contributed by atoms with E-state index in [1.807, 2.05) is 11.9 Å². The highest BCUT2D eigenvalue weighted by Gasteiger charge is 2.39. The summed E-state index contributed by atoms with van der Waals surface area (Å²) in [5.41, 5.74) is 12.1. The Morgan fingerprint density at radius 1 is 1.18 bits per heavy atom. The molecule has 0 aliphatic carbocycles. The van der Waals surface area contributed by atoms with Crippen LogP contribution >= 0.6 is 0 Å². The fraction of sp³-hybridized carbons (Fsp3) is 0.500. The molecule has 14 nitrogen and oxygen atoms in total. The zero-order valence-corrected chi connectivity index (χ0v) is 18.5. The predicted molar refractivity (Wildman–Crippen MR) is 121 cm³/mol. The molecule has 2 heterocycles. The normalized spacial score (nSPS) is 25.9. The fourth-order valence-corrected chi connectivity index (χ4v) is 3.89. The van der Waals surface area contributed by atoms with E-state index in [0.717, 1.165) is 5.69 Å². The van der Waals surface area contributed by atoms with Gasteiger partial charge in [0.15, 0.2) is 0 Å². The number of nitrogens with one attached hydrogen (secondary N) is 5. The molecule has 5 unspecified atom stereocenters. The van der Waals surface area contributed by atoms with Gasteiger partial charge in [0.25, 0.3) is 5.91 Å². The van der Waals surface area contributed by atoms with Crippen LogP contribution in [0.1, 0.15) is 16.8 Å². The maximum Gasteiger partial charge on any atom is 0.326 e. The van der Waals surface area contributed by atoms with E-state index in [9.17, 15) is 24.3 Å². The van der Waals surface area contributed by atoms with Gasteiger partial charge < -0.3 is 31.5 Å². The molecule has 0 saturated carbocycles. The molecule has 11 N–H and O–H groups in total. The van der Waals surface area contributed by atoms with Gasteiger partial charge in [0.05, 0.1) is 6.17 Å². The number of carboxylic acid groups (broad SMARTS) is 2. The Labute approximate surface area is 195 Å². The summed E-state index contributed by atoms with van der Waals surface area (Å²) in [4.78, 5) is 48.8. The highest BCUT2D eigenvalue weighted by atomic mass is 16.4. The number of nitrogens with two attached hydrogens (primary N) is 2. The van der Waals surface area contributed by atoms with Gasteiger partial charge in [0, 0.05) is 43.9 Å². The zero-order valence-electron chi connectivity index (χ0n) is 18.5. The minimum absolute atomic E-state index is 0.0362. The number of likely N-dealkylation sites (N-methyl/N-ethyl adjacent to an activating group) is 1. The second-order valence-corrected chi connectivity index (χ2v) is 8.35. The van der Waals surface area contributed by atoms with E-state index >= 15 is 0 Å². The SMILES string of the molecule is CN(CC1CNC2NC(N)NC(=O)C2N1)c1ccc(C(=O)N[C@@H](CC(N)C(=O)O)C(=O)O)cc1. The van der Waals surface area contributed by atoms with Crippen molar-refractivity contribution in [3.63, 3.8) is 0 Å². The molecule has 1 aromatic rings. The van der Waals surface area contributed by atoms with E-state index in [1.165, 1.54) is 0 Å². The third-order valence-electron chi connectivity index (χ3n) is 5.75. The molecular weight excluding hydrogens is 448 g/mol. The van der Waals surface area contributed by atoms with Crippen molar-refractivity contribution in [1.82, 2.24) is 26.6 Å². The van der Waals surface area contributed by atoms with Crippen LogP contribution < -0.4 is 43.0 Å². The van der Waals surface area contributed by atoms with Crippen molar-refractivity contribution in [3.05, 3.63) is 29.8 Å². The highest BCUT2D eigenvalue weighted by Crippen LogP contribution is 2.16. The van der Waals surface area contributed by atoms with Crippen LogP contribution in [0.15, 0.2) is 24.3 Å². The van der Waals surface area contributed by atoms with Crippen molar-refractivity contribution >= 4 is 29.4 Å². The average Bonchev–Trinajstić information content (AvgIpc) is 2.78. The first-order chi connectivity index (χ1) is 16.0. The van der Waals surface area contributed by atoms with Crippen LogP contribution in [0.5, 0.6) is 0 Å². The lowest BCUT2D eigenvalue weighted by Crippen LogP contribution is -2.78. The van der Waals surface area contributed by atoms with Crippen LogP contribution in [0.3, 0.4) is 0 Å². The van der Waals surface area contributed by atoms with E-state index < -0.39 is 48.7 Å². The second kappa shape index (κ2) is 10.8. The molecule has 2 amide bonds. The monoisotopic (exact) mass is 478 g/mol. The van der Waals surface area contributed by atoms with Gasteiger partial charge in [0.1, 0.15) is 24.4 Å². The molecule has 0 bridgehead atoms. The fourth-order valence-electron chi connectivity index (χ4n) is 3.89. The van der Waals surface area contributed by atoms with Crippen LogP contribution in [-0.2, 0) is 14.4 Å². The summed E-state index contributed by atoms with van der Waals surface area (Å²) in [5.74, 6) is -3.57. The van der Waals surface area contributed by atoms with E-state index in [4.69, 9.17) is 16.6 Å². The number of fused-ring (bicyclic) bond motifs is 1. The Morgan fingerprint density at radius 3 is 2.47 bits per heavy atom. The maximum atomic E-state index is 12.4. The molecule has 2 fully saturated rings. The molecule has 1 aromatic carbocycles. The molecule has 2 aliphatic heterocycles. The molecule has 34 heavy (non-hydrogen) atoms. The Morgan fingerprint density at radius 2 is 1.85 bits per heavy atom. The number of benzene rings is 1. The summed E-state index contributed by atoms with van der Waals surface area (Å²) < 4.78 is 0. The van der Waals surface area contributed by atoms with Gasteiger partial charge in [-0.2, -0.15) is 0 Å². The molecule has 14 heteroatoms. The number of anilines is 1. The van der Waals surface area contributed by atoms with Crippen LogP contribution in [0.2, 0.25) is 0 Å². The lowest BCUT2D eigenvalue weighted by molar-refractivity contribution is -0.141. The van der Waals surface area contributed by atoms with E-state index in [1.54, 1.807) is 24.3 Å². The number of aliphatic carboxylic acids is 2. The van der Waals surface area contributed by atoms with Crippen molar-refractivity contribution in [2.45, 2.75) is 43.0 Å². The van der Waals surface area contributed by atoms with Gasteiger partial charge in [-0.15, -0.1) is 0 Å². The number of hydrogen-bond acceptors (Lipinski definition) is 10. The van der Waals surface area contributed by atoms with Crippen LogP contribution in [0.25, 0.3) is 0 Å². The minimum atomic E-state index is -1.43. The quantitative estimate of drug-likeness (QED) is 0.167. The average molecular weight is 479 g/mol. The van der Waals surface area contributed by atoms with E-state index in [-0.39, 0.29) is 23.7 Å². The maximum absolute atomic E-state index is 12.4. The number of hydrogen-bond donors (Lipinski definition) is 9. The molecule has 6 atom stereocenters. The summed E-state index contributed by atoms with van der Waals surface area (Å²) in [5, 5.41) is 32.7. The number of carboxylic acids is 2. The third kappa shape index (κ3) is 6.18. The Hall–Kier alpha value is -3.30. The second-order valence-electron chi connectivity index (χ2n) is 8.35. The van der Waals surface area contributed by atoms with Gasteiger partial charge in [-0.05, 0) is 24.3 Å². The molecule has 2 saturated heterocycles. The minimum Gasteiger partial charge on any atom is -0.480 e. The third-order valence-corrected chi connectivity index (χ3v) is 5.75. The van der Waals surface area contributed by atoms with Crippen LogP contribution in [0.4, 0.5) is 5.69 Å². The predicted octanol–water partition coefficient (Wildman–Crippen LogP) is -3.67. The van der Waals surface area contributed by atoms with Gasteiger partial charge >= 0.3 is 11.9 Å². The Balaban J connectivity index is 1.56. The number of nitrogens with zero attached hydrogens (tertiary/aromatic N) is 1. The molecule has 3 rings (SSSR count). The number of amides is 2.